The van der Waals surface area contributed by atoms with Crippen molar-refractivity contribution in [3.63, 3.8) is 0 Å². The molecule has 0 amide bonds. The Kier molecular flexibility index (Phi) is 2.57. The van der Waals surface area contributed by atoms with Gasteiger partial charge in [0.25, 0.3) is 0 Å². The average Bonchev–Trinajstić information content (AvgIpc) is 2.83. The highest BCUT2D eigenvalue weighted by atomic mass is 16.6. The van der Waals surface area contributed by atoms with Crippen LogP contribution in [0.2, 0.25) is 0 Å². The summed E-state index contributed by atoms with van der Waals surface area (Å²) >= 11 is 0. The molecule has 0 aromatic rings. The third-order valence-corrected chi connectivity index (χ3v) is 5.09. The summed E-state index contributed by atoms with van der Waals surface area (Å²) in [6.07, 6.45) is 0.611. The lowest BCUT2D eigenvalue weighted by Gasteiger charge is -2.28. The van der Waals surface area contributed by atoms with Crippen LogP contribution in [0.3, 0.4) is 0 Å². The van der Waals surface area contributed by atoms with Crippen LogP contribution < -0.4 is 0 Å². The van der Waals surface area contributed by atoms with Gasteiger partial charge in [0.15, 0.2) is 0 Å². The lowest BCUT2D eigenvalue weighted by Crippen LogP contribution is -2.33. The minimum absolute atomic E-state index is 0.0425. The molecule has 4 rings (SSSR count). The van der Waals surface area contributed by atoms with Crippen LogP contribution in [-0.4, -0.2) is 40.5 Å². The Bertz CT molecular complexity index is 673. The fourth-order valence-electron chi connectivity index (χ4n) is 4.22. The van der Waals surface area contributed by atoms with Crippen molar-refractivity contribution in [1.29, 1.82) is 0 Å². The topological polar surface area (TPSA) is 110 Å². The minimum atomic E-state index is -1.40. The molecule has 0 aromatic carbocycles. The summed E-state index contributed by atoms with van der Waals surface area (Å²) in [5.41, 5.74) is 0.0120. The number of rotatable bonds is 2. The van der Waals surface area contributed by atoms with Crippen molar-refractivity contribution in [2.24, 2.45) is 11.3 Å². The van der Waals surface area contributed by atoms with Crippen molar-refractivity contribution < 1.29 is 34.1 Å². The molecule has 2 heterocycles. The highest BCUT2D eigenvalue weighted by Gasteiger charge is 2.62. The van der Waals surface area contributed by atoms with E-state index in [0.29, 0.717) is 29.6 Å². The number of carbonyl (C=O) groups is 3. The zero-order valence-electron chi connectivity index (χ0n) is 11.6. The van der Waals surface area contributed by atoms with Gasteiger partial charge in [0.2, 0.25) is 6.29 Å². The molecular weight excluding hydrogens is 292 g/mol. The summed E-state index contributed by atoms with van der Waals surface area (Å²) in [6.45, 7) is 0. The van der Waals surface area contributed by atoms with Crippen LogP contribution in [0.5, 0.6) is 0 Å². The van der Waals surface area contributed by atoms with Crippen LogP contribution in [-0.2, 0) is 23.9 Å². The number of aliphatic carboxylic acids is 1. The van der Waals surface area contributed by atoms with Crippen LogP contribution in [0.1, 0.15) is 25.7 Å². The third-order valence-electron chi connectivity index (χ3n) is 5.09. The van der Waals surface area contributed by atoms with E-state index in [1.54, 1.807) is 0 Å². The monoisotopic (exact) mass is 306 g/mol. The predicted octanol–water partition coefficient (Wildman–Crippen LogP) is 0.285. The number of allylic oxidation sites excluding steroid dienone is 1. The molecule has 2 aliphatic heterocycles. The van der Waals surface area contributed by atoms with Gasteiger partial charge in [0.05, 0.1) is 6.42 Å². The molecule has 0 spiro atoms. The molecule has 1 fully saturated rings. The molecular formula is C15H14O7. The molecule has 4 aliphatic rings. The molecule has 116 valence electrons. The molecule has 2 N–H and O–H groups in total. The van der Waals surface area contributed by atoms with E-state index in [0.717, 1.165) is 0 Å². The predicted molar refractivity (Wildman–Crippen MR) is 69.1 cm³/mol. The van der Waals surface area contributed by atoms with Crippen LogP contribution in [0, 0.1) is 11.3 Å². The van der Waals surface area contributed by atoms with Crippen molar-refractivity contribution in [3.8, 4) is 0 Å². The Balaban J connectivity index is 1.93. The number of carbonyl (C=O) groups excluding carboxylic acids is 2. The third kappa shape index (κ3) is 1.51. The van der Waals surface area contributed by atoms with Gasteiger partial charge < -0.3 is 19.7 Å². The van der Waals surface area contributed by atoms with Gasteiger partial charge in [-0.05, 0) is 24.8 Å². The maximum atomic E-state index is 12.4. The standard InChI is InChI=1S/C15H14O7/c16-9(17)5-15-4-7-10(13(19)22-12(7)18)6-2-1-3-8(15)11(6)21-14(15)20/h3,6,11-12,18H,1-2,4-5H2,(H,16,17)/t6-,11+,12?,15+/m1/s1. The summed E-state index contributed by atoms with van der Waals surface area (Å²) in [5.74, 6) is -2.66. The van der Waals surface area contributed by atoms with Crippen LogP contribution >= 0.6 is 0 Å². The summed E-state index contributed by atoms with van der Waals surface area (Å²) in [6, 6.07) is 0. The number of hydrogen-bond acceptors (Lipinski definition) is 6. The molecule has 4 bridgehead atoms. The average molecular weight is 306 g/mol. The number of esters is 2. The second kappa shape index (κ2) is 4.19. The lowest BCUT2D eigenvalue weighted by molar-refractivity contribution is -0.154. The van der Waals surface area contributed by atoms with Crippen LogP contribution in [0.15, 0.2) is 22.8 Å². The zero-order chi connectivity index (χ0) is 15.6. The first kappa shape index (κ1) is 13.5. The number of aliphatic hydroxyl groups excluding tert-OH is 1. The van der Waals surface area contributed by atoms with E-state index < -0.39 is 42.1 Å². The number of carboxylic acids is 1. The molecule has 22 heavy (non-hydrogen) atoms. The SMILES string of the molecule is O=C(O)C[C@@]12CC3=C(C(=O)OC3O)[C@H]3CCC=C1[C@H]3OC2=O. The van der Waals surface area contributed by atoms with Crippen molar-refractivity contribution in [2.45, 2.75) is 38.1 Å². The van der Waals surface area contributed by atoms with E-state index in [9.17, 15) is 24.6 Å². The van der Waals surface area contributed by atoms with E-state index in [1.165, 1.54) is 0 Å². The summed E-state index contributed by atoms with van der Waals surface area (Å²) in [7, 11) is 0. The molecule has 0 radical (unpaired) electrons. The minimum Gasteiger partial charge on any atom is -0.481 e. The lowest BCUT2D eigenvalue weighted by atomic mass is 9.71. The summed E-state index contributed by atoms with van der Waals surface area (Å²) in [5, 5.41) is 19.2. The van der Waals surface area contributed by atoms with Gasteiger partial charge in [-0.15, -0.1) is 0 Å². The van der Waals surface area contributed by atoms with E-state index in [4.69, 9.17) is 9.47 Å². The molecule has 7 nitrogen and oxygen atoms in total. The first-order chi connectivity index (χ1) is 10.4. The number of hydrogen-bond donors (Lipinski definition) is 2. The van der Waals surface area contributed by atoms with E-state index >= 15 is 0 Å². The fraction of sp³-hybridized carbons (Fsp3) is 0.533. The second-order valence-corrected chi connectivity index (χ2v) is 6.20. The summed E-state index contributed by atoms with van der Waals surface area (Å²) < 4.78 is 10.3. The van der Waals surface area contributed by atoms with Gasteiger partial charge in [0.1, 0.15) is 11.5 Å². The van der Waals surface area contributed by atoms with Gasteiger partial charge in [-0.3, -0.25) is 9.59 Å². The fourth-order valence-corrected chi connectivity index (χ4v) is 4.22. The van der Waals surface area contributed by atoms with Gasteiger partial charge in [0, 0.05) is 17.1 Å². The van der Waals surface area contributed by atoms with Gasteiger partial charge in [-0.1, -0.05) is 6.08 Å². The highest BCUT2D eigenvalue weighted by molar-refractivity contribution is 5.96. The number of carboxylic acid groups (broad SMARTS) is 1. The zero-order valence-corrected chi connectivity index (χ0v) is 11.6. The molecule has 7 heteroatoms. The van der Waals surface area contributed by atoms with Crippen molar-refractivity contribution in [3.05, 3.63) is 22.8 Å². The molecule has 1 unspecified atom stereocenters. The second-order valence-electron chi connectivity index (χ2n) is 6.20. The number of ether oxygens (including phenoxy) is 2. The summed E-state index contributed by atoms with van der Waals surface area (Å²) in [4.78, 5) is 35.8. The largest absolute Gasteiger partial charge is 0.481 e. The Morgan fingerprint density at radius 2 is 2.14 bits per heavy atom. The molecule has 0 saturated carbocycles. The Morgan fingerprint density at radius 3 is 2.86 bits per heavy atom. The Hall–Kier alpha value is -2.15. The van der Waals surface area contributed by atoms with E-state index in [1.807, 2.05) is 6.08 Å². The highest BCUT2D eigenvalue weighted by Crippen LogP contribution is 2.57. The quantitative estimate of drug-likeness (QED) is 0.557. The van der Waals surface area contributed by atoms with Gasteiger partial charge in [-0.2, -0.15) is 0 Å². The first-order valence-corrected chi connectivity index (χ1v) is 7.19. The van der Waals surface area contributed by atoms with Gasteiger partial charge >= 0.3 is 17.9 Å². The number of cyclic esters (lactones) is 1. The van der Waals surface area contributed by atoms with Crippen molar-refractivity contribution in [1.82, 2.24) is 0 Å². The molecule has 2 aliphatic carbocycles. The van der Waals surface area contributed by atoms with Crippen LogP contribution in [0.4, 0.5) is 0 Å². The van der Waals surface area contributed by atoms with Crippen molar-refractivity contribution >= 4 is 17.9 Å². The maximum Gasteiger partial charge on any atom is 0.337 e. The van der Waals surface area contributed by atoms with Crippen molar-refractivity contribution in [2.75, 3.05) is 0 Å². The normalized spacial score (nSPS) is 39.0. The maximum absolute atomic E-state index is 12.4. The molecule has 1 saturated heterocycles. The van der Waals surface area contributed by atoms with Gasteiger partial charge in [-0.25, -0.2) is 4.79 Å². The number of aliphatic hydroxyl groups is 1. The Morgan fingerprint density at radius 1 is 1.36 bits per heavy atom. The van der Waals surface area contributed by atoms with E-state index in [-0.39, 0.29) is 12.3 Å². The smallest absolute Gasteiger partial charge is 0.337 e. The number of fused-ring (bicyclic) bond motifs is 1. The van der Waals surface area contributed by atoms with E-state index in [2.05, 4.69) is 0 Å². The van der Waals surface area contributed by atoms with Crippen LogP contribution in [0.25, 0.3) is 0 Å². The Labute approximate surface area is 125 Å². The first-order valence-electron chi connectivity index (χ1n) is 7.19. The molecule has 4 atom stereocenters. The molecule has 0 aromatic heterocycles.